The highest BCUT2D eigenvalue weighted by Gasteiger charge is 1.98. The van der Waals surface area contributed by atoms with Crippen molar-refractivity contribution in [3.05, 3.63) is 16.5 Å². The maximum atomic E-state index is 8.31. The van der Waals surface area contributed by atoms with Crippen molar-refractivity contribution >= 4 is 21.7 Å². The number of rotatable bonds is 0. The minimum atomic E-state index is 0.0840. The molecule has 10 heavy (non-hydrogen) atoms. The molecule has 0 aliphatic heterocycles. The normalized spacial score (nSPS) is 8.80. The van der Waals surface area contributed by atoms with Crippen LogP contribution in [0.25, 0.3) is 0 Å². The van der Waals surface area contributed by atoms with E-state index in [0.717, 1.165) is 0 Å². The van der Waals surface area contributed by atoms with Crippen molar-refractivity contribution in [3.8, 4) is 6.07 Å². The van der Waals surface area contributed by atoms with Gasteiger partial charge in [-0.1, -0.05) is 0 Å². The minimum Gasteiger partial charge on any atom is -0.383 e. The summed E-state index contributed by atoms with van der Waals surface area (Å²) in [6.07, 6.45) is 1.45. The van der Waals surface area contributed by atoms with Crippen LogP contribution in [0, 0.1) is 11.3 Å². The molecule has 0 atom stereocenters. The van der Waals surface area contributed by atoms with Crippen LogP contribution in [0.5, 0.6) is 0 Å². The maximum absolute atomic E-state index is 8.31. The van der Waals surface area contributed by atoms with Crippen LogP contribution in [0.1, 0.15) is 5.82 Å². The molecule has 1 aromatic rings. The van der Waals surface area contributed by atoms with E-state index in [1.165, 1.54) is 6.20 Å². The van der Waals surface area contributed by atoms with E-state index in [0.29, 0.717) is 4.47 Å². The summed E-state index contributed by atoms with van der Waals surface area (Å²) in [4.78, 5) is 7.31. The van der Waals surface area contributed by atoms with Gasteiger partial charge in [-0.15, -0.1) is 0 Å². The van der Waals surface area contributed by atoms with Gasteiger partial charge >= 0.3 is 0 Å². The largest absolute Gasteiger partial charge is 0.383 e. The fourth-order valence-corrected chi connectivity index (χ4v) is 0.625. The number of halogens is 1. The molecule has 5 heteroatoms. The number of nitriles is 1. The van der Waals surface area contributed by atoms with E-state index in [9.17, 15) is 0 Å². The van der Waals surface area contributed by atoms with E-state index in [1.807, 2.05) is 0 Å². The molecule has 2 N–H and O–H groups in total. The maximum Gasteiger partial charge on any atom is 0.234 e. The van der Waals surface area contributed by atoms with Gasteiger partial charge in [0.15, 0.2) is 0 Å². The van der Waals surface area contributed by atoms with Gasteiger partial charge in [-0.2, -0.15) is 5.26 Å². The van der Waals surface area contributed by atoms with Crippen LogP contribution >= 0.6 is 15.9 Å². The van der Waals surface area contributed by atoms with Gasteiger partial charge in [0.2, 0.25) is 5.82 Å². The molecular weight excluding hydrogens is 196 g/mol. The smallest absolute Gasteiger partial charge is 0.234 e. The fourth-order valence-electron chi connectivity index (χ4n) is 0.434. The van der Waals surface area contributed by atoms with E-state index in [2.05, 4.69) is 25.9 Å². The molecule has 0 saturated carbocycles. The number of hydrogen-bond donors (Lipinski definition) is 1. The third-order valence-electron chi connectivity index (χ3n) is 0.871. The Kier molecular flexibility index (Phi) is 1.83. The van der Waals surface area contributed by atoms with E-state index in [-0.39, 0.29) is 11.6 Å². The lowest BCUT2D eigenvalue weighted by Crippen LogP contribution is -1.96. The molecule has 0 aromatic carbocycles. The summed E-state index contributed by atoms with van der Waals surface area (Å²) in [5.41, 5.74) is 5.35. The topological polar surface area (TPSA) is 75.6 Å². The highest BCUT2D eigenvalue weighted by Crippen LogP contribution is 2.13. The lowest BCUT2D eigenvalue weighted by molar-refractivity contribution is 1.11. The summed E-state index contributed by atoms with van der Waals surface area (Å²) >= 11 is 3.10. The minimum absolute atomic E-state index is 0.0840. The molecule has 1 rings (SSSR count). The molecule has 0 saturated heterocycles. The van der Waals surface area contributed by atoms with Crippen molar-refractivity contribution in [3.63, 3.8) is 0 Å². The highest BCUT2D eigenvalue weighted by molar-refractivity contribution is 9.10. The van der Waals surface area contributed by atoms with Crippen molar-refractivity contribution in [1.29, 1.82) is 5.26 Å². The number of nitrogen functional groups attached to an aromatic ring is 1. The molecule has 0 spiro atoms. The number of aromatic nitrogens is 2. The van der Waals surface area contributed by atoms with E-state index >= 15 is 0 Å². The Morgan fingerprint density at radius 2 is 2.40 bits per heavy atom. The highest BCUT2D eigenvalue weighted by atomic mass is 79.9. The Hall–Kier alpha value is -1.15. The zero-order valence-corrected chi connectivity index (χ0v) is 6.46. The van der Waals surface area contributed by atoms with Crippen molar-refractivity contribution in [1.82, 2.24) is 9.97 Å². The number of hydrogen-bond acceptors (Lipinski definition) is 4. The first-order chi connectivity index (χ1) is 4.74. The molecule has 0 aliphatic rings. The average Bonchev–Trinajstić information content (AvgIpc) is 1.95. The van der Waals surface area contributed by atoms with Crippen LogP contribution in [0.3, 0.4) is 0 Å². The van der Waals surface area contributed by atoms with Gasteiger partial charge in [0.25, 0.3) is 0 Å². The summed E-state index contributed by atoms with van der Waals surface area (Å²) in [6, 6.07) is 1.77. The zero-order chi connectivity index (χ0) is 7.56. The molecule has 4 nitrogen and oxygen atoms in total. The standard InChI is InChI=1S/C5H3BrN4/c6-3-2-9-4(1-7)10-5(3)8/h2H,(H2,8,9,10). The van der Waals surface area contributed by atoms with Gasteiger partial charge < -0.3 is 5.73 Å². The third kappa shape index (κ3) is 1.22. The average molecular weight is 199 g/mol. The van der Waals surface area contributed by atoms with Crippen LogP contribution in [-0.4, -0.2) is 9.97 Å². The predicted molar refractivity (Wildman–Crippen MR) is 38.9 cm³/mol. The molecular formula is C5H3BrN4. The van der Waals surface area contributed by atoms with Crippen LogP contribution in [-0.2, 0) is 0 Å². The molecule has 0 aliphatic carbocycles. The zero-order valence-electron chi connectivity index (χ0n) is 4.87. The molecule has 0 fully saturated rings. The number of nitrogens with two attached hydrogens (primary N) is 1. The lowest BCUT2D eigenvalue weighted by atomic mass is 10.5. The molecule has 0 bridgehead atoms. The summed E-state index contributed by atoms with van der Waals surface area (Å²) in [6.45, 7) is 0. The van der Waals surface area contributed by atoms with Gasteiger partial charge in [-0.25, -0.2) is 9.97 Å². The van der Waals surface area contributed by atoms with Crippen LogP contribution in [0.2, 0.25) is 0 Å². The van der Waals surface area contributed by atoms with Crippen molar-refractivity contribution < 1.29 is 0 Å². The quantitative estimate of drug-likeness (QED) is 0.666. The van der Waals surface area contributed by atoms with Crippen molar-refractivity contribution in [2.24, 2.45) is 0 Å². The Labute approximate surface area is 65.8 Å². The van der Waals surface area contributed by atoms with Crippen LogP contribution in [0.4, 0.5) is 5.82 Å². The van der Waals surface area contributed by atoms with Crippen LogP contribution in [0.15, 0.2) is 10.7 Å². The van der Waals surface area contributed by atoms with Gasteiger partial charge in [0, 0.05) is 6.20 Å². The van der Waals surface area contributed by atoms with Gasteiger partial charge in [-0.3, -0.25) is 0 Å². The molecule has 0 radical (unpaired) electrons. The first-order valence-electron chi connectivity index (χ1n) is 2.42. The van der Waals surface area contributed by atoms with Gasteiger partial charge in [-0.05, 0) is 15.9 Å². The second-order valence-corrected chi connectivity index (χ2v) is 2.39. The fraction of sp³-hybridized carbons (Fsp3) is 0. The molecule has 50 valence electrons. The number of nitrogens with zero attached hydrogens (tertiary/aromatic N) is 3. The Morgan fingerprint density at radius 3 is 2.90 bits per heavy atom. The Bertz CT molecular complexity index is 290. The van der Waals surface area contributed by atoms with E-state index in [4.69, 9.17) is 11.0 Å². The van der Waals surface area contributed by atoms with E-state index < -0.39 is 0 Å². The van der Waals surface area contributed by atoms with Crippen molar-refractivity contribution in [2.75, 3.05) is 5.73 Å². The summed E-state index contributed by atoms with van der Waals surface area (Å²) in [7, 11) is 0. The lowest BCUT2D eigenvalue weighted by Gasteiger charge is -1.93. The van der Waals surface area contributed by atoms with Crippen molar-refractivity contribution in [2.45, 2.75) is 0 Å². The summed E-state index contributed by atoms with van der Waals surface area (Å²) in [5.74, 6) is 0.368. The molecule has 1 heterocycles. The van der Waals surface area contributed by atoms with E-state index in [1.54, 1.807) is 6.07 Å². The molecule has 1 aromatic heterocycles. The first kappa shape index (κ1) is 6.96. The summed E-state index contributed by atoms with van der Waals surface area (Å²) in [5, 5.41) is 8.31. The van der Waals surface area contributed by atoms with Gasteiger partial charge in [0.05, 0.1) is 4.47 Å². The van der Waals surface area contributed by atoms with Crippen LogP contribution < -0.4 is 5.73 Å². The van der Waals surface area contributed by atoms with Gasteiger partial charge in [0.1, 0.15) is 11.9 Å². The first-order valence-corrected chi connectivity index (χ1v) is 3.21. The summed E-state index contributed by atoms with van der Waals surface area (Å²) < 4.78 is 0.603. The molecule has 0 unspecified atom stereocenters. The third-order valence-corrected chi connectivity index (χ3v) is 1.48. The second kappa shape index (κ2) is 2.62. The Balaban J connectivity index is 3.20. The molecule has 0 amide bonds. The SMILES string of the molecule is N#Cc1ncc(Br)c(N)n1. The second-order valence-electron chi connectivity index (χ2n) is 1.54. The Morgan fingerprint density at radius 1 is 1.70 bits per heavy atom. The predicted octanol–water partition coefficient (Wildman–Crippen LogP) is 0.693. The number of anilines is 1. The monoisotopic (exact) mass is 198 g/mol.